The zero-order valence-corrected chi connectivity index (χ0v) is 11.9. The van der Waals surface area contributed by atoms with Gasteiger partial charge in [0.05, 0.1) is 6.10 Å². The summed E-state index contributed by atoms with van der Waals surface area (Å²) in [4.78, 5) is 4.40. The molecule has 1 aliphatic rings. The highest BCUT2D eigenvalue weighted by Gasteiger charge is 2.25. The molecule has 0 saturated heterocycles. The lowest BCUT2D eigenvalue weighted by molar-refractivity contribution is 0.0657. The van der Waals surface area contributed by atoms with Gasteiger partial charge < -0.3 is 9.63 Å². The third-order valence-corrected chi connectivity index (χ3v) is 4.09. The second-order valence-corrected chi connectivity index (χ2v) is 5.77. The van der Waals surface area contributed by atoms with Crippen LogP contribution in [-0.4, -0.2) is 21.4 Å². The van der Waals surface area contributed by atoms with Crippen LogP contribution in [0.5, 0.6) is 0 Å². The van der Waals surface area contributed by atoms with Gasteiger partial charge in [-0.1, -0.05) is 41.7 Å². The quantitative estimate of drug-likeness (QED) is 0.941. The number of aromatic nitrogens is 2. The summed E-state index contributed by atoms with van der Waals surface area (Å²) >= 11 is 5.96. The molecular formula is C15H17ClN2O2. The molecule has 1 aromatic carbocycles. The van der Waals surface area contributed by atoms with Crippen molar-refractivity contribution in [3.8, 4) is 11.4 Å². The summed E-state index contributed by atoms with van der Waals surface area (Å²) in [7, 11) is 0. The lowest BCUT2D eigenvalue weighted by Crippen LogP contribution is -2.26. The summed E-state index contributed by atoms with van der Waals surface area (Å²) in [6, 6.07) is 7.38. The maximum absolute atomic E-state index is 9.98. The molecule has 5 heteroatoms. The van der Waals surface area contributed by atoms with Gasteiger partial charge in [0, 0.05) is 17.0 Å². The molecule has 1 fully saturated rings. The molecule has 2 aromatic rings. The van der Waals surface area contributed by atoms with Gasteiger partial charge in [0.25, 0.3) is 0 Å². The van der Waals surface area contributed by atoms with Crippen molar-refractivity contribution in [1.82, 2.24) is 10.1 Å². The van der Waals surface area contributed by atoms with E-state index in [4.69, 9.17) is 16.1 Å². The number of halogens is 1. The Kier molecular flexibility index (Phi) is 4.03. The summed E-state index contributed by atoms with van der Waals surface area (Å²) < 4.78 is 5.29. The Hall–Kier alpha value is -1.39. The predicted octanol–water partition coefficient (Wildman–Crippen LogP) is 3.48. The van der Waals surface area contributed by atoms with Crippen LogP contribution in [0.25, 0.3) is 11.4 Å². The van der Waals surface area contributed by atoms with Gasteiger partial charge in [-0.2, -0.15) is 4.98 Å². The number of hydrogen-bond donors (Lipinski definition) is 1. The number of hydrogen-bond acceptors (Lipinski definition) is 4. The van der Waals surface area contributed by atoms with Gasteiger partial charge in [-0.15, -0.1) is 0 Å². The second-order valence-electron chi connectivity index (χ2n) is 5.34. The minimum atomic E-state index is -0.245. The van der Waals surface area contributed by atoms with E-state index in [1.807, 2.05) is 24.3 Å². The molecule has 106 valence electrons. The molecule has 1 aliphatic carbocycles. The molecule has 2 unspecified atom stereocenters. The van der Waals surface area contributed by atoms with Crippen LogP contribution < -0.4 is 0 Å². The van der Waals surface area contributed by atoms with Crippen molar-refractivity contribution in [1.29, 1.82) is 0 Å². The number of rotatable bonds is 3. The highest BCUT2D eigenvalue weighted by molar-refractivity contribution is 6.30. The number of aliphatic hydroxyl groups is 1. The Bertz CT molecular complexity index is 585. The molecule has 20 heavy (non-hydrogen) atoms. The van der Waals surface area contributed by atoms with Crippen molar-refractivity contribution in [3.63, 3.8) is 0 Å². The predicted molar refractivity (Wildman–Crippen MR) is 76.4 cm³/mol. The molecule has 2 atom stereocenters. The van der Waals surface area contributed by atoms with Crippen LogP contribution in [0.2, 0.25) is 5.02 Å². The van der Waals surface area contributed by atoms with Gasteiger partial charge in [-0.25, -0.2) is 0 Å². The van der Waals surface area contributed by atoms with Gasteiger partial charge in [-0.05, 0) is 30.9 Å². The van der Waals surface area contributed by atoms with Crippen LogP contribution in [0.4, 0.5) is 0 Å². The molecule has 1 N–H and O–H groups in total. The lowest BCUT2D eigenvalue weighted by atomic mass is 9.84. The molecule has 0 radical (unpaired) electrons. The fourth-order valence-corrected chi connectivity index (χ4v) is 2.92. The van der Waals surface area contributed by atoms with Gasteiger partial charge in [0.1, 0.15) is 0 Å². The summed E-state index contributed by atoms with van der Waals surface area (Å²) in [6.07, 6.45) is 4.57. The van der Waals surface area contributed by atoms with Crippen LogP contribution >= 0.6 is 11.6 Å². The molecule has 0 bridgehead atoms. The smallest absolute Gasteiger partial charge is 0.227 e. The van der Waals surface area contributed by atoms with Crippen molar-refractivity contribution in [3.05, 3.63) is 35.2 Å². The molecule has 3 rings (SSSR count). The highest BCUT2D eigenvalue weighted by atomic mass is 35.5. The Morgan fingerprint density at radius 2 is 2.15 bits per heavy atom. The second kappa shape index (κ2) is 5.94. The van der Waals surface area contributed by atoms with Gasteiger partial charge in [0.15, 0.2) is 0 Å². The van der Waals surface area contributed by atoms with Crippen LogP contribution in [0.15, 0.2) is 28.8 Å². The maximum Gasteiger partial charge on any atom is 0.227 e. The van der Waals surface area contributed by atoms with Crippen LogP contribution in [0.3, 0.4) is 0 Å². The molecule has 0 amide bonds. The minimum Gasteiger partial charge on any atom is -0.393 e. The van der Waals surface area contributed by atoms with Crippen LogP contribution in [0.1, 0.15) is 31.6 Å². The van der Waals surface area contributed by atoms with Crippen molar-refractivity contribution in [2.24, 2.45) is 5.92 Å². The number of benzene rings is 1. The fourth-order valence-electron chi connectivity index (χ4n) is 2.73. The molecule has 0 aliphatic heterocycles. The highest BCUT2D eigenvalue weighted by Crippen LogP contribution is 2.28. The average Bonchev–Trinajstić information content (AvgIpc) is 2.90. The normalized spacial score (nSPS) is 22.9. The van der Waals surface area contributed by atoms with E-state index in [9.17, 15) is 5.11 Å². The van der Waals surface area contributed by atoms with Crippen molar-refractivity contribution in [2.75, 3.05) is 0 Å². The first-order valence-electron chi connectivity index (χ1n) is 6.99. The third kappa shape index (κ3) is 3.02. The molecule has 0 spiro atoms. The summed E-state index contributed by atoms with van der Waals surface area (Å²) in [5.41, 5.74) is 0.844. The van der Waals surface area contributed by atoms with Crippen molar-refractivity contribution >= 4 is 11.6 Å². The topological polar surface area (TPSA) is 59.2 Å². The number of aliphatic hydroxyl groups excluding tert-OH is 1. The first kappa shape index (κ1) is 13.6. The summed E-state index contributed by atoms with van der Waals surface area (Å²) in [5.74, 6) is 1.37. The Labute approximate surface area is 122 Å². The van der Waals surface area contributed by atoms with Crippen molar-refractivity contribution in [2.45, 2.75) is 38.2 Å². The zero-order valence-electron chi connectivity index (χ0n) is 11.1. The summed E-state index contributed by atoms with van der Waals surface area (Å²) in [6.45, 7) is 0. The first-order valence-corrected chi connectivity index (χ1v) is 7.37. The van der Waals surface area contributed by atoms with Crippen LogP contribution in [-0.2, 0) is 6.42 Å². The third-order valence-electron chi connectivity index (χ3n) is 3.86. The maximum atomic E-state index is 9.98. The lowest BCUT2D eigenvalue weighted by Gasteiger charge is -2.26. The van der Waals surface area contributed by atoms with E-state index < -0.39 is 0 Å². The number of nitrogens with zero attached hydrogens (tertiary/aromatic N) is 2. The van der Waals surface area contributed by atoms with E-state index in [2.05, 4.69) is 10.1 Å². The van der Waals surface area contributed by atoms with E-state index in [1.54, 1.807) is 0 Å². The fraction of sp³-hybridized carbons (Fsp3) is 0.467. The first-order chi connectivity index (χ1) is 9.72. The van der Waals surface area contributed by atoms with Gasteiger partial charge in [0.2, 0.25) is 11.7 Å². The average molecular weight is 293 g/mol. The van der Waals surface area contributed by atoms with E-state index in [1.165, 1.54) is 0 Å². The van der Waals surface area contributed by atoms with Crippen molar-refractivity contribution < 1.29 is 9.63 Å². The standard InChI is InChI=1S/C15H17ClN2O2/c16-12-6-3-5-11(8-12)15-17-14(20-18-15)9-10-4-1-2-7-13(10)19/h3,5-6,8,10,13,19H,1-2,4,7,9H2. The van der Waals surface area contributed by atoms with E-state index >= 15 is 0 Å². The monoisotopic (exact) mass is 292 g/mol. The van der Waals surface area contributed by atoms with Crippen LogP contribution in [0, 0.1) is 5.92 Å². The SMILES string of the molecule is OC1CCCCC1Cc1nc(-c2cccc(Cl)c2)no1. The van der Waals surface area contributed by atoms with E-state index in [0.717, 1.165) is 31.2 Å². The van der Waals surface area contributed by atoms with E-state index in [-0.39, 0.29) is 12.0 Å². The molecular weight excluding hydrogens is 276 g/mol. The van der Waals surface area contributed by atoms with Gasteiger partial charge >= 0.3 is 0 Å². The zero-order chi connectivity index (χ0) is 13.9. The van der Waals surface area contributed by atoms with E-state index in [0.29, 0.717) is 23.2 Å². The molecule has 4 nitrogen and oxygen atoms in total. The largest absolute Gasteiger partial charge is 0.393 e. The summed E-state index contributed by atoms with van der Waals surface area (Å²) in [5, 5.41) is 14.6. The Morgan fingerprint density at radius 1 is 1.30 bits per heavy atom. The Balaban J connectivity index is 1.73. The minimum absolute atomic E-state index is 0.233. The Morgan fingerprint density at radius 3 is 2.95 bits per heavy atom. The molecule has 1 aromatic heterocycles. The van der Waals surface area contributed by atoms with Gasteiger partial charge in [-0.3, -0.25) is 0 Å². The molecule has 1 saturated carbocycles. The molecule has 1 heterocycles.